The van der Waals surface area contributed by atoms with E-state index in [1.807, 2.05) is 19.2 Å². The van der Waals surface area contributed by atoms with E-state index in [0.717, 1.165) is 6.04 Å². The molecule has 9 heavy (non-hydrogen) atoms. The predicted molar refractivity (Wildman–Crippen MR) is 35.3 cm³/mol. The van der Waals surface area contributed by atoms with Gasteiger partial charge in [0.15, 0.2) is 0 Å². The topological polar surface area (TPSA) is 43.8 Å². The number of hydrogen-bond acceptors (Lipinski definition) is 2. The fraction of sp³-hybridized carbons (Fsp3) is 0.333. The molecule has 3 nitrogen and oxygen atoms in total. The van der Waals surface area contributed by atoms with Gasteiger partial charge in [0, 0.05) is 12.4 Å². The quantitative estimate of drug-likeness (QED) is 0.620. The monoisotopic (exact) mass is 124 g/mol. The molecule has 0 aliphatic carbocycles. The van der Waals surface area contributed by atoms with Crippen molar-refractivity contribution in [1.29, 1.82) is 0 Å². The van der Waals surface area contributed by atoms with Crippen LogP contribution in [0, 0.1) is 6.04 Å². The Bertz CT molecular complexity index is 155. The van der Waals surface area contributed by atoms with Crippen molar-refractivity contribution < 1.29 is 0 Å². The van der Waals surface area contributed by atoms with Crippen LogP contribution in [0.3, 0.4) is 0 Å². The van der Waals surface area contributed by atoms with Crippen LogP contribution in [0.1, 0.15) is 6.92 Å². The summed E-state index contributed by atoms with van der Waals surface area (Å²) in [7, 11) is 0. The highest BCUT2D eigenvalue weighted by Gasteiger charge is 1.94. The average Bonchev–Trinajstić information content (AvgIpc) is 2.15. The van der Waals surface area contributed by atoms with Gasteiger partial charge in [-0.05, 0) is 13.0 Å². The molecule has 0 aliphatic rings. The molecule has 49 valence electrons. The van der Waals surface area contributed by atoms with Crippen molar-refractivity contribution in [1.82, 2.24) is 9.78 Å². The smallest absolute Gasteiger partial charge is 0.0605 e. The Kier molecular flexibility index (Phi) is 1.85. The van der Waals surface area contributed by atoms with E-state index in [9.17, 15) is 0 Å². The summed E-state index contributed by atoms with van der Waals surface area (Å²) >= 11 is 0. The number of nitrogens with zero attached hydrogens (tertiary/aromatic N) is 2. The van der Waals surface area contributed by atoms with Crippen LogP contribution in [0.15, 0.2) is 18.5 Å². The van der Waals surface area contributed by atoms with Crippen LogP contribution in [0.25, 0.3) is 0 Å². The third kappa shape index (κ3) is 1.85. The number of hydrogen-bond donors (Lipinski definition) is 1. The van der Waals surface area contributed by atoms with Gasteiger partial charge in [-0.25, -0.2) is 0 Å². The van der Waals surface area contributed by atoms with E-state index < -0.39 is 0 Å². The molecule has 1 aromatic rings. The second-order valence-corrected chi connectivity index (χ2v) is 2.05. The van der Waals surface area contributed by atoms with Crippen LogP contribution >= 0.6 is 0 Å². The summed E-state index contributed by atoms with van der Waals surface area (Å²) in [5.74, 6) is 0. The van der Waals surface area contributed by atoms with Crippen LogP contribution in [0.4, 0.5) is 0 Å². The fourth-order valence-electron chi connectivity index (χ4n) is 0.650. The standard InChI is InChI=1S/C6H10N3/c1-6(7)5-9-4-2-3-8-9/h2-4H,5,7H2,1H3. The van der Waals surface area contributed by atoms with Crippen molar-refractivity contribution in [3.63, 3.8) is 0 Å². The Labute approximate surface area is 54.5 Å². The molecule has 1 heterocycles. The van der Waals surface area contributed by atoms with E-state index in [1.165, 1.54) is 0 Å². The zero-order chi connectivity index (χ0) is 6.69. The van der Waals surface area contributed by atoms with Gasteiger partial charge < -0.3 is 5.73 Å². The zero-order valence-corrected chi connectivity index (χ0v) is 5.41. The summed E-state index contributed by atoms with van der Waals surface area (Å²) in [4.78, 5) is 0. The van der Waals surface area contributed by atoms with E-state index in [4.69, 9.17) is 5.73 Å². The van der Waals surface area contributed by atoms with Crippen LogP contribution in [0.2, 0.25) is 0 Å². The molecule has 0 aromatic carbocycles. The number of aromatic nitrogens is 2. The Hall–Kier alpha value is -0.830. The maximum Gasteiger partial charge on any atom is 0.0605 e. The van der Waals surface area contributed by atoms with Crippen molar-refractivity contribution in [3.8, 4) is 0 Å². The van der Waals surface area contributed by atoms with E-state index in [0.29, 0.717) is 6.54 Å². The molecule has 0 atom stereocenters. The van der Waals surface area contributed by atoms with E-state index >= 15 is 0 Å². The molecule has 0 spiro atoms. The van der Waals surface area contributed by atoms with Gasteiger partial charge in [-0.2, -0.15) is 5.10 Å². The molecule has 1 rings (SSSR count). The summed E-state index contributed by atoms with van der Waals surface area (Å²) in [6.45, 7) is 2.59. The lowest BCUT2D eigenvalue weighted by Crippen LogP contribution is -2.13. The van der Waals surface area contributed by atoms with Crippen LogP contribution in [-0.4, -0.2) is 9.78 Å². The van der Waals surface area contributed by atoms with Crippen molar-refractivity contribution >= 4 is 0 Å². The van der Waals surface area contributed by atoms with Gasteiger partial charge in [-0.1, -0.05) is 0 Å². The van der Waals surface area contributed by atoms with Crippen molar-refractivity contribution in [2.24, 2.45) is 5.73 Å². The first-order valence-corrected chi connectivity index (χ1v) is 2.84. The molecule has 0 bridgehead atoms. The molecule has 0 aliphatic heterocycles. The van der Waals surface area contributed by atoms with Crippen LogP contribution in [0.5, 0.6) is 0 Å². The molecule has 1 radical (unpaired) electrons. The minimum atomic E-state index is 0.715. The predicted octanol–water partition coefficient (Wildman–Crippen LogP) is 0.394. The summed E-state index contributed by atoms with van der Waals surface area (Å²) in [6.07, 6.45) is 3.62. The Balaban J connectivity index is 2.48. The van der Waals surface area contributed by atoms with Gasteiger partial charge in [0.1, 0.15) is 0 Å². The molecule has 0 unspecified atom stereocenters. The third-order valence-corrected chi connectivity index (χ3v) is 0.971. The average molecular weight is 124 g/mol. The van der Waals surface area contributed by atoms with E-state index in [-0.39, 0.29) is 0 Å². The van der Waals surface area contributed by atoms with Crippen molar-refractivity contribution in [3.05, 3.63) is 24.5 Å². The lowest BCUT2D eigenvalue weighted by Gasteiger charge is -2.01. The zero-order valence-electron chi connectivity index (χ0n) is 5.41. The van der Waals surface area contributed by atoms with Gasteiger partial charge in [0.05, 0.1) is 12.6 Å². The number of nitrogens with two attached hydrogens (primary N) is 1. The lowest BCUT2D eigenvalue weighted by atomic mass is 10.4. The summed E-state index contributed by atoms with van der Waals surface area (Å²) in [5, 5.41) is 3.97. The molecule has 0 saturated heterocycles. The minimum absolute atomic E-state index is 0.715. The van der Waals surface area contributed by atoms with Crippen molar-refractivity contribution in [2.75, 3.05) is 0 Å². The highest BCUT2D eigenvalue weighted by Crippen LogP contribution is 1.91. The Morgan fingerprint density at radius 1 is 1.78 bits per heavy atom. The normalized spacial score (nSPS) is 10.6. The summed E-state index contributed by atoms with van der Waals surface area (Å²) < 4.78 is 1.79. The second kappa shape index (κ2) is 2.64. The van der Waals surface area contributed by atoms with E-state index in [2.05, 4.69) is 5.10 Å². The van der Waals surface area contributed by atoms with Gasteiger partial charge in [-0.15, -0.1) is 0 Å². The largest absolute Gasteiger partial charge is 0.322 e. The summed E-state index contributed by atoms with van der Waals surface area (Å²) in [6, 6.07) is 2.75. The van der Waals surface area contributed by atoms with Gasteiger partial charge in [0.2, 0.25) is 0 Å². The van der Waals surface area contributed by atoms with Gasteiger partial charge in [0.25, 0.3) is 0 Å². The van der Waals surface area contributed by atoms with Crippen LogP contribution < -0.4 is 5.73 Å². The van der Waals surface area contributed by atoms with Crippen LogP contribution in [-0.2, 0) is 6.54 Å². The molecule has 2 N–H and O–H groups in total. The molecular weight excluding hydrogens is 114 g/mol. The van der Waals surface area contributed by atoms with Crippen molar-refractivity contribution in [2.45, 2.75) is 13.5 Å². The van der Waals surface area contributed by atoms with Gasteiger partial charge in [-0.3, -0.25) is 4.68 Å². The Morgan fingerprint density at radius 3 is 3.00 bits per heavy atom. The lowest BCUT2D eigenvalue weighted by molar-refractivity contribution is 0.620. The first-order chi connectivity index (χ1) is 4.29. The molecule has 0 amide bonds. The highest BCUT2D eigenvalue weighted by molar-refractivity contribution is 4.82. The molecule has 0 fully saturated rings. The second-order valence-electron chi connectivity index (χ2n) is 2.05. The molecular formula is C6H10N3. The SMILES string of the molecule is C[C](N)Cn1cccn1. The minimum Gasteiger partial charge on any atom is -0.322 e. The third-order valence-electron chi connectivity index (χ3n) is 0.971. The fourth-order valence-corrected chi connectivity index (χ4v) is 0.650. The van der Waals surface area contributed by atoms with E-state index in [1.54, 1.807) is 10.9 Å². The summed E-state index contributed by atoms with van der Waals surface area (Å²) in [5.41, 5.74) is 5.44. The maximum atomic E-state index is 5.44. The first-order valence-electron chi connectivity index (χ1n) is 2.84. The Morgan fingerprint density at radius 2 is 2.56 bits per heavy atom. The maximum absolute atomic E-state index is 5.44. The highest BCUT2D eigenvalue weighted by atomic mass is 15.3. The molecule has 1 aromatic heterocycles. The molecule has 0 saturated carbocycles. The molecule has 3 heteroatoms. The number of rotatable bonds is 2. The first kappa shape index (κ1) is 6.29. The van der Waals surface area contributed by atoms with Gasteiger partial charge >= 0.3 is 0 Å².